The third-order valence-corrected chi connectivity index (χ3v) is 5.21. The minimum absolute atomic E-state index is 0.208. The van der Waals surface area contributed by atoms with Crippen LogP contribution in [0.25, 0.3) is 16.5 Å². The van der Waals surface area contributed by atoms with E-state index in [2.05, 4.69) is 14.8 Å². The maximum Gasteiger partial charge on any atom is 0.261 e. The number of hydrogen-bond donors (Lipinski definition) is 1. The topological polar surface area (TPSA) is 76.9 Å². The average Bonchev–Trinajstić information content (AvgIpc) is 3.16. The van der Waals surface area contributed by atoms with Crippen molar-refractivity contribution in [2.45, 2.75) is 4.90 Å². The van der Waals surface area contributed by atoms with Crippen molar-refractivity contribution in [3.63, 3.8) is 0 Å². The van der Waals surface area contributed by atoms with Gasteiger partial charge in [0.1, 0.15) is 12.7 Å². The normalized spacial score (nSPS) is 11.5. The second-order valence-corrected chi connectivity index (χ2v) is 7.15. The maximum atomic E-state index is 12.8. The van der Waals surface area contributed by atoms with Gasteiger partial charge in [-0.25, -0.2) is 18.1 Å². The molecule has 0 bridgehead atoms. The SMILES string of the molecule is O=S(=O)(Nc1ccccc1-n1cncn1)c1ccc2ccccc2c1. The number of sulfonamides is 1. The highest BCUT2D eigenvalue weighted by Gasteiger charge is 2.17. The van der Waals surface area contributed by atoms with Crippen molar-refractivity contribution < 1.29 is 8.42 Å². The lowest BCUT2D eigenvalue weighted by Gasteiger charge is -2.12. The molecular weight excluding hydrogens is 336 g/mol. The number of rotatable bonds is 4. The van der Waals surface area contributed by atoms with Crippen LogP contribution in [0.5, 0.6) is 0 Å². The highest BCUT2D eigenvalue weighted by atomic mass is 32.2. The molecule has 1 N–H and O–H groups in total. The molecule has 0 aliphatic rings. The summed E-state index contributed by atoms with van der Waals surface area (Å²) in [6.45, 7) is 0. The Hall–Kier alpha value is -3.19. The summed E-state index contributed by atoms with van der Waals surface area (Å²) in [5.74, 6) is 0. The first kappa shape index (κ1) is 15.3. The van der Waals surface area contributed by atoms with Gasteiger partial charge in [0.05, 0.1) is 16.3 Å². The Morgan fingerprint density at radius 2 is 1.64 bits per heavy atom. The monoisotopic (exact) mass is 350 g/mol. The van der Waals surface area contributed by atoms with Gasteiger partial charge in [-0.05, 0) is 35.0 Å². The molecule has 0 atom stereocenters. The van der Waals surface area contributed by atoms with Crippen molar-refractivity contribution in [1.82, 2.24) is 14.8 Å². The van der Waals surface area contributed by atoms with Crippen molar-refractivity contribution in [2.24, 2.45) is 0 Å². The van der Waals surface area contributed by atoms with Crippen LogP contribution in [0.2, 0.25) is 0 Å². The van der Waals surface area contributed by atoms with Gasteiger partial charge >= 0.3 is 0 Å². The lowest BCUT2D eigenvalue weighted by atomic mass is 10.1. The van der Waals surface area contributed by atoms with Crippen LogP contribution >= 0.6 is 0 Å². The van der Waals surface area contributed by atoms with Gasteiger partial charge in [-0.3, -0.25) is 4.72 Å². The van der Waals surface area contributed by atoms with Crippen LogP contribution in [0.15, 0.2) is 84.3 Å². The first-order valence-electron chi connectivity index (χ1n) is 7.59. The molecule has 0 saturated carbocycles. The molecule has 7 heteroatoms. The van der Waals surface area contributed by atoms with Gasteiger partial charge in [-0.15, -0.1) is 0 Å². The van der Waals surface area contributed by atoms with Gasteiger partial charge in [-0.2, -0.15) is 5.10 Å². The number of benzene rings is 3. The minimum atomic E-state index is -3.73. The summed E-state index contributed by atoms with van der Waals surface area (Å²) >= 11 is 0. The van der Waals surface area contributed by atoms with Gasteiger partial charge in [0.15, 0.2) is 0 Å². The van der Waals surface area contributed by atoms with Crippen LogP contribution in [0, 0.1) is 0 Å². The average molecular weight is 350 g/mol. The number of fused-ring (bicyclic) bond motifs is 1. The molecule has 6 nitrogen and oxygen atoms in total. The molecule has 3 aromatic carbocycles. The Bertz CT molecular complexity index is 1140. The largest absolute Gasteiger partial charge is 0.277 e. The summed E-state index contributed by atoms with van der Waals surface area (Å²) in [6.07, 6.45) is 2.91. The van der Waals surface area contributed by atoms with Gasteiger partial charge in [0, 0.05) is 0 Å². The number of nitrogens with one attached hydrogen (secondary N) is 1. The van der Waals surface area contributed by atoms with E-state index < -0.39 is 10.0 Å². The Kier molecular flexibility index (Phi) is 3.70. The Morgan fingerprint density at radius 3 is 2.44 bits per heavy atom. The molecule has 1 aromatic heterocycles. The highest BCUT2D eigenvalue weighted by molar-refractivity contribution is 7.92. The summed E-state index contributed by atoms with van der Waals surface area (Å²) in [7, 11) is -3.73. The maximum absolute atomic E-state index is 12.8. The van der Waals surface area contributed by atoms with E-state index in [4.69, 9.17) is 0 Å². The van der Waals surface area contributed by atoms with E-state index in [0.717, 1.165) is 10.8 Å². The van der Waals surface area contributed by atoms with E-state index in [0.29, 0.717) is 11.4 Å². The van der Waals surface area contributed by atoms with Crippen LogP contribution < -0.4 is 4.72 Å². The predicted molar refractivity (Wildman–Crippen MR) is 96.1 cm³/mol. The Balaban J connectivity index is 1.74. The quantitative estimate of drug-likeness (QED) is 0.613. The van der Waals surface area contributed by atoms with Crippen LogP contribution in [0.4, 0.5) is 5.69 Å². The molecule has 0 unspecified atom stereocenters. The van der Waals surface area contributed by atoms with Gasteiger partial charge < -0.3 is 0 Å². The smallest absolute Gasteiger partial charge is 0.261 e. The predicted octanol–water partition coefficient (Wildman–Crippen LogP) is 3.22. The first-order valence-corrected chi connectivity index (χ1v) is 9.07. The molecule has 0 aliphatic carbocycles. The summed E-state index contributed by atoms with van der Waals surface area (Å²) in [5, 5.41) is 5.92. The number of nitrogens with zero attached hydrogens (tertiary/aromatic N) is 3. The van der Waals surface area contributed by atoms with Gasteiger partial charge in [0.2, 0.25) is 0 Å². The molecule has 1 heterocycles. The third-order valence-electron chi connectivity index (χ3n) is 3.85. The molecule has 4 rings (SSSR count). The highest BCUT2D eigenvalue weighted by Crippen LogP contribution is 2.24. The van der Waals surface area contributed by atoms with Crippen molar-refractivity contribution in [2.75, 3.05) is 4.72 Å². The summed E-state index contributed by atoms with van der Waals surface area (Å²) in [5.41, 5.74) is 1.03. The van der Waals surface area contributed by atoms with Gasteiger partial charge in [-0.1, -0.05) is 42.5 Å². The number of anilines is 1. The van der Waals surface area contributed by atoms with E-state index in [1.807, 2.05) is 30.3 Å². The standard InChI is InChI=1S/C18H14N4O2S/c23-25(24,16-10-9-14-5-1-2-6-15(14)11-16)21-17-7-3-4-8-18(17)22-13-19-12-20-22/h1-13,21H. The van der Waals surface area contributed by atoms with E-state index in [1.165, 1.54) is 17.3 Å². The Labute approximate surface area is 144 Å². The number of para-hydroxylation sites is 2. The zero-order valence-corrected chi connectivity index (χ0v) is 13.9. The van der Waals surface area contributed by atoms with E-state index >= 15 is 0 Å². The lowest BCUT2D eigenvalue weighted by molar-refractivity contribution is 0.601. The summed E-state index contributed by atoms with van der Waals surface area (Å²) < 4.78 is 29.8. The van der Waals surface area contributed by atoms with Crippen molar-refractivity contribution in [3.05, 3.63) is 79.4 Å². The molecule has 0 aliphatic heterocycles. The molecule has 0 fully saturated rings. The van der Waals surface area contributed by atoms with E-state index in [9.17, 15) is 8.42 Å². The minimum Gasteiger partial charge on any atom is -0.277 e. The second-order valence-electron chi connectivity index (χ2n) is 5.47. The fourth-order valence-corrected chi connectivity index (χ4v) is 3.74. The van der Waals surface area contributed by atoms with Crippen molar-refractivity contribution >= 4 is 26.5 Å². The zero-order chi connectivity index (χ0) is 17.3. The Morgan fingerprint density at radius 1 is 0.880 bits per heavy atom. The second kappa shape index (κ2) is 6.03. The number of aromatic nitrogens is 3. The van der Waals surface area contributed by atoms with Crippen LogP contribution in [-0.2, 0) is 10.0 Å². The summed E-state index contributed by atoms with van der Waals surface area (Å²) in [6, 6.07) is 19.7. The molecule has 0 spiro atoms. The lowest BCUT2D eigenvalue weighted by Crippen LogP contribution is -2.14. The molecule has 0 saturated heterocycles. The van der Waals surface area contributed by atoms with E-state index in [-0.39, 0.29) is 4.90 Å². The van der Waals surface area contributed by atoms with Crippen LogP contribution in [-0.4, -0.2) is 23.2 Å². The molecule has 124 valence electrons. The van der Waals surface area contributed by atoms with Crippen LogP contribution in [0.3, 0.4) is 0 Å². The van der Waals surface area contributed by atoms with Crippen LogP contribution in [0.1, 0.15) is 0 Å². The fraction of sp³-hybridized carbons (Fsp3) is 0. The van der Waals surface area contributed by atoms with E-state index in [1.54, 1.807) is 36.4 Å². The molecular formula is C18H14N4O2S. The molecule has 4 aromatic rings. The molecule has 25 heavy (non-hydrogen) atoms. The number of hydrogen-bond acceptors (Lipinski definition) is 4. The summed E-state index contributed by atoms with van der Waals surface area (Å²) in [4.78, 5) is 4.11. The molecule has 0 radical (unpaired) electrons. The fourth-order valence-electron chi connectivity index (χ4n) is 2.63. The molecule has 0 amide bonds. The zero-order valence-electron chi connectivity index (χ0n) is 13.1. The third kappa shape index (κ3) is 2.97. The van der Waals surface area contributed by atoms with Crippen molar-refractivity contribution in [1.29, 1.82) is 0 Å². The van der Waals surface area contributed by atoms with Crippen molar-refractivity contribution in [3.8, 4) is 5.69 Å². The van der Waals surface area contributed by atoms with Gasteiger partial charge in [0.25, 0.3) is 10.0 Å². The first-order chi connectivity index (χ1) is 12.1.